The van der Waals surface area contributed by atoms with Gasteiger partial charge < -0.3 is 19.5 Å². The molecule has 3 atom stereocenters. The zero-order valence-corrected chi connectivity index (χ0v) is 20.9. The molecule has 4 heterocycles. The fourth-order valence-electron chi connectivity index (χ4n) is 5.07. The van der Waals surface area contributed by atoms with Crippen LogP contribution in [0.25, 0.3) is 5.69 Å². The summed E-state index contributed by atoms with van der Waals surface area (Å²) in [6.07, 6.45) is 4.15. The minimum Gasteiger partial charge on any atom is -0.376 e. The zero-order chi connectivity index (χ0) is 23.1. The smallest absolute Gasteiger partial charge is 0.170 e. The number of hydrogen-bond acceptors (Lipinski definition) is 3. The standard InChI is InChI=1S/C25H26Cl2N4OS/c1-15-13-18(16(2)31(15)21-10-5-8-19(26)22(21)27)24-23(20-9-3-4-11-28-20)29-25(33)30(24)14-17-7-6-12-32-17/h3-5,8-11,13,17,23-24H,6-7,12,14H2,1-2H3,(H,29,33). The Balaban J connectivity index is 1.61. The van der Waals surface area contributed by atoms with Crippen LogP contribution in [0.4, 0.5) is 0 Å². The molecule has 3 unspecified atom stereocenters. The third-order valence-electron chi connectivity index (χ3n) is 6.58. The van der Waals surface area contributed by atoms with Crippen molar-refractivity contribution in [2.45, 2.75) is 44.9 Å². The molecule has 3 aromatic rings. The second-order valence-electron chi connectivity index (χ2n) is 8.65. The molecule has 1 aromatic carbocycles. The lowest BCUT2D eigenvalue weighted by Gasteiger charge is -2.30. The molecule has 0 radical (unpaired) electrons. The van der Waals surface area contributed by atoms with E-state index >= 15 is 0 Å². The van der Waals surface area contributed by atoms with Gasteiger partial charge in [0.25, 0.3) is 0 Å². The van der Waals surface area contributed by atoms with Gasteiger partial charge in [0.15, 0.2) is 5.11 Å². The number of benzene rings is 1. The van der Waals surface area contributed by atoms with Crippen LogP contribution in [-0.4, -0.2) is 38.8 Å². The predicted molar refractivity (Wildman–Crippen MR) is 136 cm³/mol. The maximum Gasteiger partial charge on any atom is 0.170 e. The van der Waals surface area contributed by atoms with Gasteiger partial charge in [-0.25, -0.2) is 0 Å². The molecule has 2 aliphatic heterocycles. The first-order valence-electron chi connectivity index (χ1n) is 11.2. The molecule has 0 amide bonds. The molecule has 2 saturated heterocycles. The summed E-state index contributed by atoms with van der Waals surface area (Å²) in [6, 6.07) is 13.9. The van der Waals surface area contributed by atoms with Crippen LogP contribution in [-0.2, 0) is 4.74 Å². The van der Waals surface area contributed by atoms with E-state index in [9.17, 15) is 0 Å². The van der Waals surface area contributed by atoms with Crippen molar-refractivity contribution in [2.75, 3.05) is 13.2 Å². The van der Waals surface area contributed by atoms with Crippen LogP contribution in [0.1, 0.15) is 47.6 Å². The maximum atomic E-state index is 6.61. The Labute approximate surface area is 209 Å². The Morgan fingerprint density at radius 1 is 1.18 bits per heavy atom. The quantitative estimate of drug-likeness (QED) is 0.438. The second-order valence-corrected chi connectivity index (χ2v) is 9.82. The van der Waals surface area contributed by atoms with Crippen molar-refractivity contribution in [3.05, 3.63) is 81.4 Å². The first-order chi connectivity index (χ1) is 16.0. The molecule has 0 spiro atoms. The highest BCUT2D eigenvalue weighted by molar-refractivity contribution is 7.80. The number of aryl methyl sites for hydroxylation is 1. The van der Waals surface area contributed by atoms with Gasteiger partial charge in [-0.3, -0.25) is 4.98 Å². The number of nitrogens with one attached hydrogen (secondary N) is 1. The van der Waals surface area contributed by atoms with Gasteiger partial charge >= 0.3 is 0 Å². The minimum absolute atomic E-state index is 0.0190. The summed E-state index contributed by atoms with van der Waals surface area (Å²) >= 11 is 18.8. The Bertz CT molecular complexity index is 1180. The van der Waals surface area contributed by atoms with E-state index in [1.807, 2.05) is 36.5 Å². The van der Waals surface area contributed by atoms with Crippen LogP contribution in [0.3, 0.4) is 0 Å². The Hall–Kier alpha value is -2.12. The molecular formula is C25H26Cl2N4OS. The summed E-state index contributed by atoms with van der Waals surface area (Å²) < 4.78 is 8.14. The van der Waals surface area contributed by atoms with E-state index < -0.39 is 0 Å². The van der Waals surface area contributed by atoms with E-state index in [0.717, 1.165) is 53.9 Å². The van der Waals surface area contributed by atoms with Crippen LogP contribution < -0.4 is 5.32 Å². The van der Waals surface area contributed by atoms with Gasteiger partial charge in [0, 0.05) is 30.7 Å². The molecule has 5 nitrogen and oxygen atoms in total. The van der Waals surface area contributed by atoms with Crippen LogP contribution in [0.2, 0.25) is 10.0 Å². The zero-order valence-electron chi connectivity index (χ0n) is 18.6. The first kappa shape index (κ1) is 22.7. The number of hydrogen-bond donors (Lipinski definition) is 1. The molecule has 2 aromatic heterocycles. The van der Waals surface area contributed by atoms with Crippen LogP contribution in [0, 0.1) is 13.8 Å². The van der Waals surface area contributed by atoms with E-state index in [1.165, 1.54) is 5.56 Å². The highest BCUT2D eigenvalue weighted by Crippen LogP contribution is 2.42. The molecule has 5 rings (SSSR count). The third-order valence-corrected chi connectivity index (χ3v) is 7.74. The van der Waals surface area contributed by atoms with E-state index in [2.05, 4.69) is 45.7 Å². The van der Waals surface area contributed by atoms with Gasteiger partial charge in [-0.1, -0.05) is 35.3 Å². The third kappa shape index (κ3) is 4.14. The number of halogens is 2. The molecule has 2 fully saturated rings. The summed E-state index contributed by atoms with van der Waals surface area (Å²) in [4.78, 5) is 6.93. The van der Waals surface area contributed by atoms with Gasteiger partial charge in [0.05, 0.1) is 39.6 Å². The normalized spacial score (nSPS) is 22.7. The van der Waals surface area contributed by atoms with Crippen molar-refractivity contribution in [3.63, 3.8) is 0 Å². The second kappa shape index (κ2) is 9.26. The van der Waals surface area contributed by atoms with Gasteiger partial charge in [-0.15, -0.1) is 0 Å². The molecule has 33 heavy (non-hydrogen) atoms. The Kier molecular flexibility index (Phi) is 6.36. The average molecular weight is 501 g/mol. The largest absolute Gasteiger partial charge is 0.376 e. The van der Waals surface area contributed by atoms with Crippen molar-refractivity contribution >= 4 is 40.5 Å². The predicted octanol–water partition coefficient (Wildman–Crippen LogP) is 5.95. The van der Waals surface area contributed by atoms with E-state index in [1.54, 1.807) is 0 Å². The maximum absolute atomic E-state index is 6.61. The number of nitrogens with zero attached hydrogens (tertiary/aromatic N) is 3. The topological polar surface area (TPSA) is 42.3 Å². The number of pyridine rings is 1. The van der Waals surface area contributed by atoms with Crippen molar-refractivity contribution in [1.29, 1.82) is 0 Å². The number of ether oxygens (including phenoxy) is 1. The van der Waals surface area contributed by atoms with Crippen LogP contribution >= 0.6 is 35.4 Å². The highest BCUT2D eigenvalue weighted by Gasteiger charge is 2.42. The average Bonchev–Trinajstić information content (AvgIpc) is 3.51. The molecule has 0 saturated carbocycles. The van der Waals surface area contributed by atoms with Gasteiger partial charge in [-0.05, 0) is 74.8 Å². The molecule has 2 aliphatic rings. The van der Waals surface area contributed by atoms with Gasteiger partial charge in [-0.2, -0.15) is 0 Å². The lowest BCUT2D eigenvalue weighted by Crippen LogP contribution is -2.36. The number of rotatable bonds is 5. The first-order valence-corrected chi connectivity index (χ1v) is 12.3. The van der Waals surface area contributed by atoms with Crippen molar-refractivity contribution in [1.82, 2.24) is 19.8 Å². The highest BCUT2D eigenvalue weighted by atomic mass is 35.5. The van der Waals surface area contributed by atoms with Gasteiger partial charge in [0.2, 0.25) is 0 Å². The summed E-state index contributed by atoms with van der Waals surface area (Å²) in [5.74, 6) is 0. The molecule has 0 aliphatic carbocycles. The molecular weight excluding hydrogens is 475 g/mol. The lowest BCUT2D eigenvalue weighted by molar-refractivity contribution is 0.0842. The van der Waals surface area contributed by atoms with E-state index in [-0.39, 0.29) is 18.2 Å². The van der Waals surface area contributed by atoms with Crippen molar-refractivity contribution < 1.29 is 4.74 Å². The fourth-order valence-corrected chi connectivity index (χ4v) is 5.77. The number of thiocarbonyl (C=S) groups is 1. The Morgan fingerprint density at radius 3 is 2.76 bits per heavy atom. The molecule has 172 valence electrons. The van der Waals surface area contributed by atoms with E-state index in [4.69, 9.17) is 40.2 Å². The van der Waals surface area contributed by atoms with E-state index in [0.29, 0.717) is 10.0 Å². The Morgan fingerprint density at radius 2 is 2.03 bits per heavy atom. The minimum atomic E-state index is -0.0658. The van der Waals surface area contributed by atoms with Crippen molar-refractivity contribution in [2.24, 2.45) is 0 Å². The number of aromatic nitrogens is 2. The molecule has 1 N–H and O–H groups in total. The monoisotopic (exact) mass is 500 g/mol. The van der Waals surface area contributed by atoms with Crippen LogP contribution in [0.5, 0.6) is 0 Å². The summed E-state index contributed by atoms with van der Waals surface area (Å²) in [5, 5.41) is 5.36. The lowest BCUT2D eigenvalue weighted by atomic mass is 9.96. The summed E-state index contributed by atoms with van der Waals surface area (Å²) in [5.41, 5.74) is 5.21. The molecule has 8 heteroatoms. The SMILES string of the molecule is Cc1cc(C2C(c3ccccn3)NC(=S)N2CC2CCCO2)c(C)n1-c1cccc(Cl)c1Cl. The molecule has 0 bridgehead atoms. The summed E-state index contributed by atoms with van der Waals surface area (Å²) in [7, 11) is 0. The summed E-state index contributed by atoms with van der Waals surface area (Å²) in [6.45, 7) is 5.78. The van der Waals surface area contributed by atoms with Gasteiger partial charge in [0.1, 0.15) is 0 Å². The van der Waals surface area contributed by atoms with Crippen LogP contribution in [0.15, 0.2) is 48.7 Å². The van der Waals surface area contributed by atoms with Crippen molar-refractivity contribution in [3.8, 4) is 5.69 Å². The fraction of sp³-hybridized carbons (Fsp3) is 0.360.